The van der Waals surface area contributed by atoms with Crippen LogP contribution in [-0.2, 0) is 30.4 Å². The highest BCUT2D eigenvalue weighted by Gasteiger charge is 2.32. The lowest BCUT2D eigenvalue weighted by Crippen LogP contribution is -2.59. The van der Waals surface area contributed by atoms with Crippen LogP contribution in [0.15, 0.2) is 35.3 Å². The molecular weight excluding hydrogens is 592 g/mol. The van der Waals surface area contributed by atoms with Crippen LogP contribution in [0.25, 0.3) is 0 Å². The molecule has 6 atom stereocenters. The maximum atomic E-state index is 13.2. The number of nitrogens with two attached hydrogens (primary N) is 3. The quantitative estimate of drug-likeness (QED) is 0.0329. The number of carboxylic acid groups (broad SMARTS) is 1. The van der Waals surface area contributed by atoms with Gasteiger partial charge in [-0.2, -0.15) is 12.6 Å². The van der Waals surface area contributed by atoms with Gasteiger partial charge in [0.05, 0.1) is 11.4 Å². The molecule has 0 heterocycles. The molecule has 0 aliphatic rings. The van der Waals surface area contributed by atoms with Gasteiger partial charge in [0.15, 0.2) is 5.96 Å². The summed E-state index contributed by atoms with van der Waals surface area (Å²) >= 11 is 4.39. The first-order valence-corrected chi connectivity index (χ1v) is 14.9. The van der Waals surface area contributed by atoms with E-state index in [4.69, 9.17) is 17.2 Å². The molecule has 0 aliphatic heterocycles. The molecule has 0 fully saturated rings. The van der Waals surface area contributed by atoms with Crippen LogP contribution in [0, 0.1) is 0 Å². The van der Waals surface area contributed by atoms with E-state index in [0.29, 0.717) is 32.2 Å². The monoisotopic (exact) mass is 638 g/mol. The minimum absolute atomic E-state index is 0.111. The van der Waals surface area contributed by atoms with E-state index in [2.05, 4.69) is 38.9 Å². The van der Waals surface area contributed by atoms with Crippen molar-refractivity contribution in [3.05, 3.63) is 35.9 Å². The second-order valence-corrected chi connectivity index (χ2v) is 11.0. The Kier molecular flexibility index (Phi) is 17.5. The molecule has 1 aromatic carbocycles. The molecule has 0 aromatic heterocycles. The Morgan fingerprint density at radius 1 is 0.841 bits per heavy atom. The van der Waals surface area contributed by atoms with Gasteiger partial charge in [0.2, 0.25) is 23.6 Å². The number of guanidine groups is 1. The van der Waals surface area contributed by atoms with Crippen LogP contribution in [0.4, 0.5) is 0 Å². The van der Waals surface area contributed by atoms with Crippen molar-refractivity contribution in [1.82, 2.24) is 21.3 Å². The molecule has 15 nitrogen and oxygen atoms in total. The van der Waals surface area contributed by atoms with Gasteiger partial charge in [-0.1, -0.05) is 30.3 Å². The van der Waals surface area contributed by atoms with Crippen molar-refractivity contribution in [2.24, 2.45) is 22.2 Å². The summed E-state index contributed by atoms with van der Waals surface area (Å²) in [6.07, 6.45) is 0.508. The Hall–Kier alpha value is -3.89. The third kappa shape index (κ3) is 14.5. The van der Waals surface area contributed by atoms with E-state index < -0.39 is 65.1 Å². The normalized spacial score (nSPS) is 14.9. The number of benzene rings is 1. The number of aliphatic hydroxyl groups is 1. The largest absolute Gasteiger partial charge is 0.480 e. The number of rotatable bonds is 20. The number of thiol groups is 1. The molecule has 12 N–H and O–H groups in total. The van der Waals surface area contributed by atoms with Crippen molar-refractivity contribution >= 4 is 48.2 Å². The van der Waals surface area contributed by atoms with Crippen LogP contribution in [0.1, 0.15) is 51.5 Å². The Balaban J connectivity index is 2.91. The lowest BCUT2D eigenvalue weighted by Gasteiger charge is -2.26. The Bertz CT molecular complexity index is 1120. The second-order valence-electron chi connectivity index (χ2n) is 10.4. The number of aliphatic hydroxyl groups excluding tert-OH is 1. The van der Waals surface area contributed by atoms with Gasteiger partial charge in [-0.25, -0.2) is 4.79 Å². The smallest absolute Gasteiger partial charge is 0.326 e. The molecule has 0 bridgehead atoms. The number of aliphatic carboxylic acids is 1. The third-order valence-electron chi connectivity index (χ3n) is 6.53. The zero-order valence-electron chi connectivity index (χ0n) is 25.1. The number of carbonyl (C=O) groups excluding carboxylic acids is 4. The summed E-state index contributed by atoms with van der Waals surface area (Å²) in [4.78, 5) is 67.3. The standard InChI is InChI=1S/C28H46N8O7S/c1-16(23(38)36-22(17(2)37)26(41)35-20(27(42)43)11-6-7-13-29)33-24(39)19(12-8-14-32-28(30)31)34-25(40)21(44)15-18-9-4-3-5-10-18/h3-5,9-10,16-17,19-22,37,44H,6-8,11-15,29H2,1-2H3,(H,33,39)(H,34,40)(H,35,41)(H,36,38)(H,42,43)(H4,30,31,32)/t16-,17+,19-,20-,21-,22-/m0/s1. The van der Waals surface area contributed by atoms with Gasteiger partial charge < -0.3 is 48.7 Å². The lowest BCUT2D eigenvalue weighted by atomic mass is 10.1. The highest BCUT2D eigenvalue weighted by molar-refractivity contribution is 7.81. The highest BCUT2D eigenvalue weighted by atomic mass is 32.1. The fourth-order valence-electron chi connectivity index (χ4n) is 4.05. The minimum Gasteiger partial charge on any atom is -0.480 e. The average molecular weight is 639 g/mol. The minimum atomic E-state index is -1.50. The average Bonchev–Trinajstić information content (AvgIpc) is 2.96. The first-order chi connectivity index (χ1) is 20.8. The fourth-order valence-corrected chi connectivity index (χ4v) is 4.33. The van der Waals surface area contributed by atoms with E-state index in [-0.39, 0.29) is 25.3 Å². The second kappa shape index (κ2) is 20.1. The first-order valence-electron chi connectivity index (χ1n) is 14.4. The van der Waals surface area contributed by atoms with E-state index in [1.807, 2.05) is 30.3 Å². The summed E-state index contributed by atoms with van der Waals surface area (Å²) in [7, 11) is 0. The number of unbranched alkanes of at least 4 members (excludes halogenated alkanes) is 1. The number of nitrogens with one attached hydrogen (secondary N) is 4. The molecule has 0 aliphatic carbocycles. The lowest BCUT2D eigenvalue weighted by molar-refractivity contribution is -0.143. The van der Waals surface area contributed by atoms with Crippen LogP contribution >= 0.6 is 12.6 Å². The summed E-state index contributed by atoms with van der Waals surface area (Å²) in [6.45, 7) is 3.16. The number of carbonyl (C=O) groups is 5. The van der Waals surface area contributed by atoms with Crippen molar-refractivity contribution in [1.29, 1.82) is 0 Å². The number of hydrogen-bond acceptors (Lipinski definition) is 9. The SMILES string of the molecule is C[C@H](NC(=O)[C@H](CCCN=C(N)N)NC(=O)[C@@H](S)Cc1ccccc1)C(=O)N[C@H](C(=O)N[C@@H](CCCCN)C(=O)O)[C@@H](C)O. The van der Waals surface area contributed by atoms with Crippen molar-refractivity contribution in [2.75, 3.05) is 13.1 Å². The molecule has 4 amide bonds. The van der Waals surface area contributed by atoms with Crippen LogP contribution in [0.5, 0.6) is 0 Å². The van der Waals surface area contributed by atoms with Gasteiger partial charge in [0.25, 0.3) is 0 Å². The first kappa shape index (κ1) is 38.1. The molecule has 16 heteroatoms. The van der Waals surface area contributed by atoms with E-state index in [9.17, 15) is 34.2 Å². The maximum Gasteiger partial charge on any atom is 0.326 e. The molecule has 246 valence electrons. The summed E-state index contributed by atoms with van der Waals surface area (Å²) < 4.78 is 0. The molecule has 0 saturated heterocycles. The summed E-state index contributed by atoms with van der Waals surface area (Å²) in [5, 5.41) is 28.7. The van der Waals surface area contributed by atoms with Crippen LogP contribution in [0.2, 0.25) is 0 Å². The van der Waals surface area contributed by atoms with Crippen LogP contribution < -0.4 is 38.5 Å². The zero-order valence-corrected chi connectivity index (χ0v) is 26.0. The Labute approximate surface area is 262 Å². The van der Waals surface area contributed by atoms with Gasteiger partial charge in [0.1, 0.15) is 24.2 Å². The molecule has 1 rings (SSSR count). The van der Waals surface area contributed by atoms with Crippen molar-refractivity contribution in [3.63, 3.8) is 0 Å². The maximum absolute atomic E-state index is 13.2. The third-order valence-corrected chi connectivity index (χ3v) is 6.95. The van der Waals surface area contributed by atoms with Crippen molar-refractivity contribution < 1.29 is 34.2 Å². The zero-order chi connectivity index (χ0) is 33.2. The van der Waals surface area contributed by atoms with Crippen molar-refractivity contribution in [3.8, 4) is 0 Å². The van der Waals surface area contributed by atoms with Gasteiger partial charge in [-0.15, -0.1) is 0 Å². The van der Waals surface area contributed by atoms with Gasteiger partial charge in [-0.3, -0.25) is 24.2 Å². The van der Waals surface area contributed by atoms with Crippen LogP contribution in [-0.4, -0.2) is 94.4 Å². The number of hydrogen-bond donors (Lipinski definition) is 10. The summed E-state index contributed by atoms with van der Waals surface area (Å²) in [6, 6.07) is 4.18. The van der Waals surface area contributed by atoms with Gasteiger partial charge in [-0.05, 0) is 64.5 Å². The topological polar surface area (TPSA) is 264 Å². The number of carboxylic acids is 1. The molecule has 44 heavy (non-hydrogen) atoms. The van der Waals surface area contributed by atoms with E-state index in [1.165, 1.54) is 13.8 Å². The Morgan fingerprint density at radius 2 is 1.45 bits per heavy atom. The molecular formula is C28H46N8O7S. The number of nitrogens with zero attached hydrogens (tertiary/aromatic N) is 1. The van der Waals surface area contributed by atoms with Gasteiger partial charge >= 0.3 is 5.97 Å². The fraction of sp³-hybridized carbons (Fsp3) is 0.571. The number of amides is 4. The van der Waals surface area contributed by atoms with Crippen LogP contribution in [0.3, 0.4) is 0 Å². The molecule has 0 unspecified atom stereocenters. The highest BCUT2D eigenvalue weighted by Crippen LogP contribution is 2.10. The van der Waals surface area contributed by atoms with Gasteiger partial charge in [0, 0.05) is 6.54 Å². The number of aliphatic imine (C=N–C) groups is 1. The summed E-state index contributed by atoms with van der Waals surface area (Å²) in [5.41, 5.74) is 17.0. The predicted octanol–water partition coefficient (Wildman–Crippen LogP) is -1.87. The Morgan fingerprint density at radius 3 is 2.02 bits per heavy atom. The van der Waals surface area contributed by atoms with E-state index in [1.54, 1.807) is 0 Å². The predicted molar refractivity (Wildman–Crippen MR) is 168 cm³/mol. The molecule has 0 saturated carbocycles. The van der Waals surface area contributed by atoms with Crippen molar-refractivity contribution in [2.45, 2.75) is 87.9 Å². The summed E-state index contributed by atoms with van der Waals surface area (Å²) in [5.74, 6) is -4.31. The molecule has 1 aromatic rings. The molecule has 0 spiro atoms. The van der Waals surface area contributed by atoms with E-state index in [0.717, 1.165) is 5.56 Å². The van der Waals surface area contributed by atoms with E-state index >= 15 is 0 Å². The molecule has 0 radical (unpaired) electrons.